The molecule has 0 spiro atoms. The molecule has 1 aromatic heterocycles. The summed E-state index contributed by atoms with van der Waals surface area (Å²) in [5.74, 6) is 0. The first-order chi connectivity index (χ1) is 10.3. The molecule has 4 rings (SSSR count). The standard InChI is InChI=1S/C17H18N4/c1-20-16-8-4-2-6-13(16)15(19-20)12-21-11-10-18-14-7-3-5-9-17(14)21/h2-9,18H,10-12H2,1H3. The molecule has 21 heavy (non-hydrogen) atoms. The molecule has 106 valence electrons. The lowest BCUT2D eigenvalue weighted by Crippen LogP contribution is -2.33. The Balaban J connectivity index is 1.73. The minimum Gasteiger partial charge on any atom is -0.382 e. The van der Waals surface area contributed by atoms with E-state index < -0.39 is 0 Å². The molecule has 0 bridgehead atoms. The molecule has 0 unspecified atom stereocenters. The monoisotopic (exact) mass is 278 g/mol. The molecule has 0 saturated heterocycles. The molecule has 3 aromatic rings. The van der Waals surface area contributed by atoms with Crippen LogP contribution in [0, 0.1) is 0 Å². The van der Waals surface area contributed by atoms with Crippen molar-refractivity contribution in [3.63, 3.8) is 0 Å². The molecule has 0 amide bonds. The molecular weight excluding hydrogens is 260 g/mol. The number of anilines is 2. The number of fused-ring (bicyclic) bond motifs is 2. The summed E-state index contributed by atoms with van der Waals surface area (Å²) >= 11 is 0. The Hall–Kier alpha value is -2.49. The van der Waals surface area contributed by atoms with E-state index in [0.717, 1.165) is 25.3 Å². The van der Waals surface area contributed by atoms with Crippen molar-refractivity contribution in [2.75, 3.05) is 23.3 Å². The van der Waals surface area contributed by atoms with Crippen molar-refractivity contribution < 1.29 is 0 Å². The second-order valence-electron chi connectivity index (χ2n) is 5.45. The third-order valence-corrected chi connectivity index (χ3v) is 4.12. The Labute approximate surface area is 124 Å². The molecule has 4 nitrogen and oxygen atoms in total. The average molecular weight is 278 g/mol. The van der Waals surface area contributed by atoms with Gasteiger partial charge in [0.1, 0.15) is 0 Å². The second-order valence-corrected chi connectivity index (χ2v) is 5.45. The Kier molecular flexibility index (Phi) is 2.81. The van der Waals surface area contributed by atoms with E-state index in [1.54, 1.807) is 0 Å². The maximum Gasteiger partial charge on any atom is 0.0896 e. The van der Waals surface area contributed by atoms with Crippen molar-refractivity contribution in [2.45, 2.75) is 6.54 Å². The van der Waals surface area contributed by atoms with E-state index in [1.807, 2.05) is 11.7 Å². The Morgan fingerprint density at radius 1 is 1.10 bits per heavy atom. The van der Waals surface area contributed by atoms with Crippen LogP contribution in [0.15, 0.2) is 48.5 Å². The lowest BCUT2D eigenvalue weighted by molar-refractivity contribution is 0.726. The highest BCUT2D eigenvalue weighted by Crippen LogP contribution is 2.30. The number of para-hydroxylation sites is 3. The van der Waals surface area contributed by atoms with Gasteiger partial charge in [-0.1, -0.05) is 30.3 Å². The van der Waals surface area contributed by atoms with Gasteiger partial charge in [0.2, 0.25) is 0 Å². The van der Waals surface area contributed by atoms with Crippen molar-refractivity contribution in [2.24, 2.45) is 7.05 Å². The highest BCUT2D eigenvalue weighted by atomic mass is 15.3. The largest absolute Gasteiger partial charge is 0.382 e. The maximum absolute atomic E-state index is 4.71. The van der Waals surface area contributed by atoms with E-state index in [-0.39, 0.29) is 0 Å². The molecule has 1 aliphatic heterocycles. The van der Waals surface area contributed by atoms with E-state index in [9.17, 15) is 0 Å². The van der Waals surface area contributed by atoms with Crippen LogP contribution in [0.5, 0.6) is 0 Å². The number of nitrogens with one attached hydrogen (secondary N) is 1. The molecule has 4 heteroatoms. The zero-order chi connectivity index (χ0) is 14.2. The quantitative estimate of drug-likeness (QED) is 0.782. The summed E-state index contributed by atoms with van der Waals surface area (Å²) in [6.07, 6.45) is 0. The van der Waals surface area contributed by atoms with Crippen LogP contribution < -0.4 is 10.2 Å². The molecular formula is C17H18N4. The predicted octanol–water partition coefficient (Wildman–Crippen LogP) is 3.01. The van der Waals surface area contributed by atoms with Crippen LogP contribution in [-0.4, -0.2) is 22.9 Å². The fourth-order valence-electron chi connectivity index (χ4n) is 3.10. The van der Waals surface area contributed by atoms with Gasteiger partial charge in [-0.2, -0.15) is 5.10 Å². The van der Waals surface area contributed by atoms with E-state index in [2.05, 4.69) is 58.7 Å². The first kappa shape index (κ1) is 12.3. The smallest absolute Gasteiger partial charge is 0.0896 e. The van der Waals surface area contributed by atoms with Crippen LogP contribution >= 0.6 is 0 Å². The fraction of sp³-hybridized carbons (Fsp3) is 0.235. The van der Waals surface area contributed by atoms with Gasteiger partial charge < -0.3 is 10.2 Å². The third-order valence-electron chi connectivity index (χ3n) is 4.12. The molecule has 0 atom stereocenters. The minimum atomic E-state index is 0.847. The average Bonchev–Trinajstić information content (AvgIpc) is 2.85. The SMILES string of the molecule is Cn1nc(CN2CCNc3ccccc32)c2ccccc21. The molecule has 0 saturated carbocycles. The highest BCUT2D eigenvalue weighted by Gasteiger charge is 2.18. The van der Waals surface area contributed by atoms with Gasteiger partial charge in [-0.3, -0.25) is 4.68 Å². The van der Waals surface area contributed by atoms with Crippen LogP contribution in [0.1, 0.15) is 5.69 Å². The summed E-state index contributed by atoms with van der Waals surface area (Å²) in [7, 11) is 2.01. The first-order valence-electron chi connectivity index (χ1n) is 7.31. The zero-order valence-electron chi connectivity index (χ0n) is 12.1. The molecule has 1 aliphatic rings. The van der Waals surface area contributed by atoms with Crippen LogP contribution in [0.4, 0.5) is 11.4 Å². The van der Waals surface area contributed by atoms with Crippen LogP contribution in [0.25, 0.3) is 10.9 Å². The second kappa shape index (κ2) is 4.81. The van der Waals surface area contributed by atoms with Gasteiger partial charge in [0, 0.05) is 25.5 Å². The highest BCUT2D eigenvalue weighted by molar-refractivity contribution is 5.82. The Bertz CT molecular complexity index is 790. The van der Waals surface area contributed by atoms with E-state index in [0.29, 0.717) is 0 Å². The zero-order valence-corrected chi connectivity index (χ0v) is 12.1. The van der Waals surface area contributed by atoms with Crippen LogP contribution in [0.2, 0.25) is 0 Å². The summed E-state index contributed by atoms with van der Waals surface area (Å²) < 4.78 is 1.97. The summed E-state index contributed by atoms with van der Waals surface area (Å²) in [5, 5.41) is 9.41. The van der Waals surface area contributed by atoms with E-state index >= 15 is 0 Å². The van der Waals surface area contributed by atoms with Crippen LogP contribution in [-0.2, 0) is 13.6 Å². The molecule has 2 heterocycles. The van der Waals surface area contributed by atoms with Crippen LogP contribution in [0.3, 0.4) is 0 Å². The number of nitrogens with zero attached hydrogens (tertiary/aromatic N) is 3. The molecule has 1 N–H and O–H groups in total. The molecule has 0 radical (unpaired) electrons. The third kappa shape index (κ3) is 2.03. The lowest BCUT2D eigenvalue weighted by Gasteiger charge is -2.31. The summed E-state index contributed by atoms with van der Waals surface area (Å²) in [6.45, 7) is 2.82. The fourth-order valence-corrected chi connectivity index (χ4v) is 3.10. The van der Waals surface area contributed by atoms with Gasteiger partial charge in [0.05, 0.1) is 29.1 Å². The maximum atomic E-state index is 4.71. The number of aryl methyl sites for hydroxylation is 1. The molecule has 2 aromatic carbocycles. The normalized spacial score (nSPS) is 14.0. The van der Waals surface area contributed by atoms with Crippen molar-refractivity contribution in [3.8, 4) is 0 Å². The summed E-state index contributed by atoms with van der Waals surface area (Å²) in [6, 6.07) is 16.9. The number of benzene rings is 2. The van der Waals surface area contributed by atoms with E-state index in [4.69, 9.17) is 5.10 Å². The Morgan fingerprint density at radius 2 is 1.90 bits per heavy atom. The predicted molar refractivity (Wildman–Crippen MR) is 86.7 cm³/mol. The lowest BCUT2D eigenvalue weighted by atomic mass is 10.1. The van der Waals surface area contributed by atoms with Gasteiger partial charge in [-0.25, -0.2) is 0 Å². The Morgan fingerprint density at radius 3 is 2.86 bits per heavy atom. The molecule has 0 aliphatic carbocycles. The van der Waals surface area contributed by atoms with E-state index in [1.165, 1.54) is 22.3 Å². The van der Waals surface area contributed by atoms with Crippen molar-refractivity contribution in [1.29, 1.82) is 0 Å². The van der Waals surface area contributed by atoms with Crippen molar-refractivity contribution in [3.05, 3.63) is 54.2 Å². The minimum absolute atomic E-state index is 0.847. The van der Waals surface area contributed by atoms with Crippen molar-refractivity contribution >= 4 is 22.3 Å². The number of hydrogen-bond acceptors (Lipinski definition) is 3. The summed E-state index contributed by atoms with van der Waals surface area (Å²) in [5.41, 5.74) is 4.81. The van der Waals surface area contributed by atoms with Gasteiger partial charge in [-0.05, 0) is 18.2 Å². The van der Waals surface area contributed by atoms with Gasteiger partial charge in [0.15, 0.2) is 0 Å². The number of aromatic nitrogens is 2. The summed E-state index contributed by atoms with van der Waals surface area (Å²) in [4.78, 5) is 2.40. The number of rotatable bonds is 2. The van der Waals surface area contributed by atoms with Gasteiger partial charge >= 0.3 is 0 Å². The van der Waals surface area contributed by atoms with Gasteiger partial charge in [-0.15, -0.1) is 0 Å². The number of hydrogen-bond donors (Lipinski definition) is 1. The topological polar surface area (TPSA) is 33.1 Å². The molecule has 0 fully saturated rings. The van der Waals surface area contributed by atoms with Gasteiger partial charge in [0.25, 0.3) is 0 Å². The first-order valence-corrected chi connectivity index (χ1v) is 7.31. The van der Waals surface area contributed by atoms with Crippen molar-refractivity contribution in [1.82, 2.24) is 9.78 Å².